The van der Waals surface area contributed by atoms with Crippen LogP contribution in [-0.2, 0) is 17.9 Å². The summed E-state index contributed by atoms with van der Waals surface area (Å²) in [6.07, 6.45) is 4.48. The van der Waals surface area contributed by atoms with Gasteiger partial charge in [0.1, 0.15) is 6.07 Å². The molecule has 6 nitrogen and oxygen atoms in total. The molecule has 0 spiro atoms. The van der Waals surface area contributed by atoms with E-state index in [1.165, 1.54) is 12.8 Å². The predicted octanol–water partition coefficient (Wildman–Crippen LogP) is 0.971. The molecule has 112 valence electrons. The molecular formula is C15H21N5O. The number of aromatic nitrogens is 2. The van der Waals surface area contributed by atoms with Crippen LogP contribution < -0.4 is 0 Å². The third kappa shape index (κ3) is 2.79. The van der Waals surface area contributed by atoms with Gasteiger partial charge in [-0.3, -0.25) is 14.4 Å². The Morgan fingerprint density at radius 3 is 3.00 bits per heavy atom. The summed E-state index contributed by atoms with van der Waals surface area (Å²) in [5.41, 5.74) is 1.40. The number of fused-ring (bicyclic) bond motifs is 1. The summed E-state index contributed by atoms with van der Waals surface area (Å²) in [6, 6.07) is 3.86. The summed E-state index contributed by atoms with van der Waals surface area (Å²) in [7, 11) is 2.05. The Bertz CT molecular complexity index is 573. The van der Waals surface area contributed by atoms with Gasteiger partial charge in [0.25, 0.3) is 0 Å². The lowest BCUT2D eigenvalue weighted by Gasteiger charge is -2.33. The molecule has 2 aliphatic heterocycles. The number of hydrogen-bond acceptors (Lipinski definition) is 4. The average Bonchev–Trinajstić information content (AvgIpc) is 2.80. The van der Waals surface area contributed by atoms with Gasteiger partial charge in [0.2, 0.25) is 5.91 Å². The van der Waals surface area contributed by atoms with Gasteiger partial charge in [0, 0.05) is 6.54 Å². The lowest BCUT2D eigenvalue weighted by molar-refractivity contribution is -0.138. The molecule has 3 heterocycles. The number of nitrogens with zero attached hydrogens (tertiary/aromatic N) is 5. The van der Waals surface area contributed by atoms with Crippen LogP contribution in [-0.4, -0.2) is 51.7 Å². The highest BCUT2D eigenvalue weighted by Gasteiger charge is 2.31. The van der Waals surface area contributed by atoms with Gasteiger partial charge >= 0.3 is 0 Å². The third-order valence-electron chi connectivity index (χ3n) is 4.53. The van der Waals surface area contributed by atoms with Gasteiger partial charge in [-0.25, -0.2) is 0 Å². The summed E-state index contributed by atoms with van der Waals surface area (Å²) >= 11 is 0. The van der Waals surface area contributed by atoms with E-state index < -0.39 is 0 Å². The van der Waals surface area contributed by atoms with Gasteiger partial charge in [-0.15, -0.1) is 0 Å². The van der Waals surface area contributed by atoms with Crippen LogP contribution in [0.1, 0.15) is 37.1 Å². The summed E-state index contributed by atoms with van der Waals surface area (Å²) in [5.74, 6) is 0.227. The minimum absolute atomic E-state index is 0.0115. The number of likely N-dealkylation sites (tertiary alicyclic amines) is 1. The van der Waals surface area contributed by atoms with Crippen molar-refractivity contribution in [2.24, 2.45) is 0 Å². The Morgan fingerprint density at radius 2 is 2.19 bits per heavy atom. The molecule has 0 aromatic carbocycles. The largest absolute Gasteiger partial charge is 0.334 e. The van der Waals surface area contributed by atoms with Crippen LogP contribution in [0.5, 0.6) is 0 Å². The smallest absolute Gasteiger partial charge is 0.240 e. The maximum absolute atomic E-state index is 12.8. The highest BCUT2D eigenvalue weighted by Crippen LogP contribution is 2.20. The fourth-order valence-corrected chi connectivity index (χ4v) is 3.28. The number of hydrogen-bond donors (Lipinski definition) is 0. The van der Waals surface area contributed by atoms with Crippen LogP contribution in [0.4, 0.5) is 0 Å². The van der Waals surface area contributed by atoms with Crippen molar-refractivity contribution < 1.29 is 4.79 Å². The number of carbonyl (C=O) groups excluding carboxylic acids is 1. The minimum Gasteiger partial charge on any atom is -0.334 e. The Labute approximate surface area is 124 Å². The van der Waals surface area contributed by atoms with E-state index in [9.17, 15) is 4.79 Å². The first-order valence-corrected chi connectivity index (χ1v) is 7.65. The van der Waals surface area contributed by atoms with Crippen LogP contribution in [0, 0.1) is 11.3 Å². The van der Waals surface area contributed by atoms with E-state index in [1.54, 1.807) is 6.07 Å². The van der Waals surface area contributed by atoms with Crippen LogP contribution in [0.3, 0.4) is 0 Å². The maximum atomic E-state index is 12.8. The molecule has 6 heteroatoms. The molecule has 2 aliphatic rings. The molecule has 1 fully saturated rings. The molecular weight excluding hydrogens is 266 g/mol. The van der Waals surface area contributed by atoms with E-state index in [1.807, 2.05) is 9.58 Å². The molecule has 0 radical (unpaired) electrons. The molecule has 21 heavy (non-hydrogen) atoms. The van der Waals surface area contributed by atoms with Crippen LogP contribution in [0.15, 0.2) is 6.07 Å². The van der Waals surface area contributed by atoms with Crippen molar-refractivity contribution in [1.29, 1.82) is 5.26 Å². The second-order valence-corrected chi connectivity index (χ2v) is 5.96. The van der Waals surface area contributed by atoms with Crippen molar-refractivity contribution in [3.8, 4) is 6.07 Å². The zero-order chi connectivity index (χ0) is 14.8. The van der Waals surface area contributed by atoms with Gasteiger partial charge in [0.05, 0.1) is 24.8 Å². The van der Waals surface area contributed by atoms with Gasteiger partial charge in [-0.1, -0.05) is 12.8 Å². The zero-order valence-corrected chi connectivity index (χ0v) is 12.5. The van der Waals surface area contributed by atoms with Gasteiger partial charge < -0.3 is 4.90 Å². The summed E-state index contributed by atoms with van der Waals surface area (Å²) in [5, 5.41) is 13.1. The lowest BCUT2D eigenvalue weighted by atomic mass is 10.1. The van der Waals surface area contributed by atoms with Crippen molar-refractivity contribution in [1.82, 2.24) is 19.6 Å². The number of likely N-dealkylation sites (N-methyl/N-ethyl adjacent to an activating group) is 1. The highest BCUT2D eigenvalue weighted by atomic mass is 16.2. The topological polar surface area (TPSA) is 65.2 Å². The summed E-state index contributed by atoms with van der Waals surface area (Å²) < 4.78 is 1.85. The van der Waals surface area contributed by atoms with Crippen molar-refractivity contribution in [2.75, 3.05) is 20.1 Å². The van der Waals surface area contributed by atoms with Crippen molar-refractivity contribution >= 4 is 5.91 Å². The monoisotopic (exact) mass is 287 g/mol. The van der Waals surface area contributed by atoms with Crippen molar-refractivity contribution in [2.45, 2.75) is 44.8 Å². The van der Waals surface area contributed by atoms with E-state index in [-0.39, 0.29) is 11.9 Å². The average molecular weight is 287 g/mol. The molecule has 0 aliphatic carbocycles. The zero-order valence-electron chi connectivity index (χ0n) is 12.5. The second-order valence-electron chi connectivity index (χ2n) is 5.96. The van der Waals surface area contributed by atoms with E-state index in [0.29, 0.717) is 25.3 Å². The lowest BCUT2D eigenvalue weighted by Crippen LogP contribution is -2.49. The maximum Gasteiger partial charge on any atom is 0.240 e. The molecule has 1 aromatic heterocycles. The number of amides is 1. The van der Waals surface area contributed by atoms with E-state index >= 15 is 0 Å². The molecule has 1 saturated heterocycles. The van der Waals surface area contributed by atoms with Gasteiger partial charge in [-0.2, -0.15) is 10.4 Å². The van der Waals surface area contributed by atoms with Crippen molar-refractivity contribution in [3.63, 3.8) is 0 Å². The Balaban J connectivity index is 1.72. The van der Waals surface area contributed by atoms with Crippen molar-refractivity contribution in [3.05, 3.63) is 17.5 Å². The standard InChI is InChI=1S/C15H21N5O/c1-18-6-4-2-3-5-14(18)15(21)19-7-8-20-13(11-19)9-12(10-16)17-20/h9,14H,2-8,11H2,1H3/t14-/m0/s1. The van der Waals surface area contributed by atoms with E-state index in [0.717, 1.165) is 25.1 Å². The first kappa shape index (κ1) is 14.1. The van der Waals surface area contributed by atoms with Gasteiger partial charge in [0.15, 0.2) is 5.69 Å². The van der Waals surface area contributed by atoms with Crippen LogP contribution in [0.25, 0.3) is 0 Å². The minimum atomic E-state index is 0.0115. The number of carbonyl (C=O) groups is 1. The van der Waals surface area contributed by atoms with E-state index in [2.05, 4.69) is 23.1 Å². The predicted molar refractivity (Wildman–Crippen MR) is 77.2 cm³/mol. The molecule has 3 rings (SSSR count). The Hall–Kier alpha value is -1.87. The number of nitriles is 1. The Kier molecular flexibility index (Phi) is 3.93. The fraction of sp³-hybridized carbons (Fsp3) is 0.667. The highest BCUT2D eigenvalue weighted by molar-refractivity contribution is 5.82. The first-order chi connectivity index (χ1) is 10.2. The molecule has 0 saturated carbocycles. The summed E-state index contributed by atoms with van der Waals surface area (Å²) in [4.78, 5) is 16.9. The third-order valence-corrected chi connectivity index (χ3v) is 4.53. The first-order valence-electron chi connectivity index (χ1n) is 7.65. The van der Waals surface area contributed by atoms with Crippen LogP contribution in [0.2, 0.25) is 0 Å². The quantitative estimate of drug-likeness (QED) is 0.772. The molecule has 0 bridgehead atoms. The second kappa shape index (κ2) is 5.86. The fourth-order valence-electron chi connectivity index (χ4n) is 3.28. The summed E-state index contributed by atoms with van der Waals surface area (Å²) in [6.45, 7) is 2.93. The molecule has 0 N–H and O–H groups in total. The SMILES string of the molecule is CN1CCCCC[C@H]1C(=O)N1CCn2nc(C#N)cc2C1. The van der Waals surface area contributed by atoms with Crippen LogP contribution >= 0.6 is 0 Å². The molecule has 1 atom stereocenters. The Morgan fingerprint density at radius 1 is 1.33 bits per heavy atom. The van der Waals surface area contributed by atoms with E-state index in [4.69, 9.17) is 5.26 Å². The normalized spacial score (nSPS) is 23.2. The molecule has 1 amide bonds. The van der Waals surface area contributed by atoms with Gasteiger partial charge in [-0.05, 0) is 32.5 Å². The molecule has 1 aromatic rings. The molecule has 0 unspecified atom stereocenters. The number of rotatable bonds is 1.